The molecule has 0 bridgehead atoms. The van der Waals surface area contributed by atoms with Gasteiger partial charge < -0.3 is 14.6 Å². The third kappa shape index (κ3) is 3.60. The third-order valence-electron chi connectivity index (χ3n) is 3.41. The van der Waals surface area contributed by atoms with E-state index in [0.717, 1.165) is 5.56 Å². The molecule has 0 atom stereocenters. The summed E-state index contributed by atoms with van der Waals surface area (Å²) in [5, 5.41) is 6.59. The van der Waals surface area contributed by atoms with Gasteiger partial charge in [-0.2, -0.15) is 4.98 Å². The molecule has 3 aromatic rings. The highest BCUT2D eigenvalue weighted by atomic mass is 16.5. The number of rotatable bonds is 5. The van der Waals surface area contributed by atoms with Crippen molar-refractivity contribution in [2.24, 2.45) is 0 Å². The number of aryl methyl sites for hydroxylation is 2. The predicted molar refractivity (Wildman–Crippen MR) is 89.8 cm³/mol. The van der Waals surface area contributed by atoms with E-state index in [2.05, 4.69) is 15.5 Å². The number of nitrogens with one attached hydrogen (secondary N) is 1. The second-order valence-corrected chi connectivity index (χ2v) is 5.29. The topological polar surface area (TPSA) is 77.2 Å². The Morgan fingerprint density at radius 2 is 1.88 bits per heavy atom. The van der Waals surface area contributed by atoms with Gasteiger partial charge in [-0.05, 0) is 37.6 Å². The van der Waals surface area contributed by atoms with E-state index >= 15 is 0 Å². The van der Waals surface area contributed by atoms with Crippen molar-refractivity contribution >= 4 is 11.6 Å². The minimum absolute atomic E-state index is 0.0813. The lowest BCUT2D eigenvalue weighted by Gasteiger charge is -2.11. The van der Waals surface area contributed by atoms with Crippen LogP contribution in [0.5, 0.6) is 5.75 Å². The molecule has 6 nitrogen and oxygen atoms in total. The van der Waals surface area contributed by atoms with Gasteiger partial charge in [0.05, 0.1) is 11.3 Å². The first-order valence-electron chi connectivity index (χ1n) is 7.51. The minimum atomic E-state index is -0.262. The Kier molecular flexibility index (Phi) is 4.56. The standard InChI is InChI=1S/C18H17N3O3/c1-12-7-3-6-10-16(12)23-11-17(22)20-15-9-5-4-8-14(15)18-19-13(2)21-24-18/h3-10H,11H2,1-2H3,(H,20,22). The summed E-state index contributed by atoms with van der Waals surface area (Å²) in [6.45, 7) is 3.59. The van der Waals surface area contributed by atoms with Gasteiger partial charge in [-0.3, -0.25) is 4.79 Å². The SMILES string of the molecule is Cc1noc(-c2ccccc2NC(=O)COc2ccccc2C)n1. The average molecular weight is 323 g/mol. The monoisotopic (exact) mass is 323 g/mol. The van der Waals surface area contributed by atoms with Crippen LogP contribution in [-0.4, -0.2) is 22.7 Å². The second kappa shape index (κ2) is 6.95. The Balaban J connectivity index is 1.70. The summed E-state index contributed by atoms with van der Waals surface area (Å²) in [7, 11) is 0. The number of carbonyl (C=O) groups is 1. The van der Waals surface area contributed by atoms with E-state index in [4.69, 9.17) is 9.26 Å². The summed E-state index contributed by atoms with van der Waals surface area (Å²) in [6, 6.07) is 14.8. The lowest BCUT2D eigenvalue weighted by molar-refractivity contribution is -0.118. The van der Waals surface area contributed by atoms with E-state index in [0.29, 0.717) is 28.7 Å². The van der Waals surface area contributed by atoms with Crippen LogP contribution in [0.25, 0.3) is 11.5 Å². The van der Waals surface area contributed by atoms with Gasteiger partial charge in [0.1, 0.15) is 5.75 Å². The fourth-order valence-corrected chi connectivity index (χ4v) is 2.23. The van der Waals surface area contributed by atoms with E-state index in [1.54, 1.807) is 13.0 Å². The van der Waals surface area contributed by atoms with Gasteiger partial charge in [0, 0.05) is 0 Å². The zero-order valence-electron chi connectivity index (χ0n) is 13.4. The first-order chi connectivity index (χ1) is 11.6. The number of nitrogens with zero attached hydrogens (tertiary/aromatic N) is 2. The summed E-state index contributed by atoms with van der Waals surface area (Å²) in [5.41, 5.74) is 2.24. The number of anilines is 1. The molecule has 0 aliphatic rings. The van der Waals surface area contributed by atoms with Gasteiger partial charge in [0.2, 0.25) is 0 Å². The number of ether oxygens (including phenoxy) is 1. The Bertz CT molecular complexity index is 858. The first-order valence-corrected chi connectivity index (χ1v) is 7.51. The molecule has 6 heteroatoms. The van der Waals surface area contributed by atoms with Crippen molar-refractivity contribution in [3.8, 4) is 17.2 Å². The highest BCUT2D eigenvalue weighted by Gasteiger charge is 2.13. The quantitative estimate of drug-likeness (QED) is 0.779. The number of hydrogen-bond acceptors (Lipinski definition) is 5. The minimum Gasteiger partial charge on any atom is -0.483 e. The molecule has 0 saturated carbocycles. The molecule has 1 N–H and O–H groups in total. The first kappa shape index (κ1) is 15.7. The smallest absolute Gasteiger partial charge is 0.262 e. The molecule has 0 fully saturated rings. The second-order valence-electron chi connectivity index (χ2n) is 5.29. The molecule has 0 aliphatic heterocycles. The van der Waals surface area contributed by atoms with Gasteiger partial charge >= 0.3 is 0 Å². The number of hydrogen-bond donors (Lipinski definition) is 1. The summed E-state index contributed by atoms with van der Waals surface area (Å²) >= 11 is 0. The van der Waals surface area contributed by atoms with E-state index in [-0.39, 0.29) is 12.5 Å². The van der Waals surface area contributed by atoms with Crippen LogP contribution in [0, 0.1) is 13.8 Å². The number of benzene rings is 2. The third-order valence-corrected chi connectivity index (χ3v) is 3.41. The fraction of sp³-hybridized carbons (Fsp3) is 0.167. The number of para-hydroxylation sites is 2. The molecule has 3 rings (SSSR count). The van der Waals surface area contributed by atoms with Gasteiger partial charge in [0.15, 0.2) is 12.4 Å². The molecular weight excluding hydrogens is 306 g/mol. The molecule has 24 heavy (non-hydrogen) atoms. The molecule has 0 aliphatic carbocycles. The van der Waals surface area contributed by atoms with E-state index in [1.807, 2.05) is 49.4 Å². The van der Waals surface area contributed by atoms with Crippen LogP contribution >= 0.6 is 0 Å². The largest absolute Gasteiger partial charge is 0.483 e. The molecule has 2 aromatic carbocycles. The molecule has 0 saturated heterocycles. The molecule has 0 spiro atoms. The van der Waals surface area contributed by atoms with Gasteiger partial charge in [-0.25, -0.2) is 0 Å². The molecule has 122 valence electrons. The van der Waals surface area contributed by atoms with Crippen molar-refractivity contribution in [3.05, 3.63) is 59.9 Å². The van der Waals surface area contributed by atoms with Crippen molar-refractivity contribution in [2.75, 3.05) is 11.9 Å². The zero-order chi connectivity index (χ0) is 16.9. The molecule has 1 amide bonds. The molecule has 1 aromatic heterocycles. The zero-order valence-corrected chi connectivity index (χ0v) is 13.4. The normalized spacial score (nSPS) is 10.4. The molecule has 0 radical (unpaired) electrons. The Morgan fingerprint density at radius 3 is 2.62 bits per heavy atom. The fourth-order valence-electron chi connectivity index (χ4n) is 2.23. The number of carbonyl (C=O) groups excluding carboxylic acids is 1. The number of amides is 1. The van der Waals surface area contributed by atoms with Gasteiger partial charge in [-0.15, -0.1) is 0 Å². The van der Waals surface area contributed by atoms with Crippen LogP contribution in [0.4, 0.5) is 5.69 Å². The lowest BCUT2D eigenvalue weighted by atomic mass is 10.1. The van der Waals surface area contributed by atoms with Crippen molar-refractivity contribution < 1.29 is 14.1 Å². The van der Waals surface area contributed by atoms with Crippen LogP contribution in [0.15, 0.2) is 53.1 Å². The van der Waals surface area contributed by atoms with Crippen LogP contribution in [0.3, 0.4) is 0 Å². The highest BCUT2D eigenvalue weighted by molar-refractivity contribution is 5.95. The Morgan fingerprint density at radius 1 is 1.12 bits per heavy atom. The highest BCUT2D eigenvalue weighted by Crippen LogP contribution is 2.26. The van der Waals surface area contributed by atoms with Gasteiger partial charge in [-0.1, -0.05) is 35.5 Å². The lowest BCUT2D eigenvalue weighted by Crippen LogP contribution is -2.20. The Labute approximate surface area is 139 Å². The maximum Gasteiger partial charge on any atom is 0.262 e. The van der Waals surface area contributed by atoms with E-state index in [1.165, 1.54) is 0 Å². The molecular formula is C18H17N3O3. The van der Waals surface area contributed by atoms with E-state index in [9.17, 15) is 4.79 Å². The van der Waals surface area contributed by atoms with Gasteiger partial charge in [0.25, 0.3) is 11.8 Å². The van der Waals surface area contributed by atoms with Crippen LogP contribution < -0.4 is 10.1 Å². The maximum absolute atomic E-state index is 12.2. The summed E-state index contributed by atoms with van der Waals surface area (Å²) in [5.74, 6) is 1.33. The summed E-state index contributed by atoms with van der Waals surface area (Å²) in [6.07, 6.45) is 0. The van der Waals surface area contributed by atoms with Crippen LogP contribution in [0.2, 0.25) is 0 Å². The summed E-state index contributed by atoms with van der Waals surface area (Å²) in [4.78, 5) is 16.4. The van der Waals surface area contributed by atoms with Crippen molar-refractivity contribution in [1.82, 2.24) is 10.1 Å². The van der Waals surface area contributed by atoms with Crippen LogP contribution in [-0.2, 0) is 4.79 Å². The van der Waals surface area contributed by atoms with E-state index < -0.39 is 0 Å². The van der Waals surface area contributed by atoms with Crippen molar-refractivity contribution in [2.45, 2.75) is 13.8 Å². The van der Waals surface area contributed by atoms with Crippen molar-refractivity contribution in [3.63, 3.8) is 0 Å². The van der Waals surface area contributed by atoms with Crippen molar-refractivity contribution in [1.29, 1.82) is 0 Å². The average Bonchev–Trinajstić information content (AvgIpc) is 3.01. The predicted octanol–water partition coefficient (Wildman–Crippen LogP) is 3.37. The summed E-state index contributed by atoms with van der Waals surface area (Å²) < 4.78 is 10.7. The maximum atomic E-state index is 12.2. The molecule has 1 heterocycles. The number of aromatic nitrogens is 2. The van der Waals surface area contributed by atoms with Crippen LogP contribution in [0.1, 0.15) is 11.4 Å². The molecule has 0 unspecified atom stereocenters. The Hall–Kier alpha value is -3.15.